The Morgan fingerprint density at radius 3 is 2.57 bits per heavy atom. The number of esters is 1. The van der Waals surface area contributed by atoms with Crippen LogP contribution in [-0.4, -0.2) is 19.0 Å². The number of nitrogen functional groups attached to an aromatic ring is 1. The van der Waals surface area contributed by atoms with Crippen molar-refractivity contribution in [2.75, 3.05) is 18.2 Å². The number of halogens is 1. The minimum atomic E-state index is -0.584. The van der Waals surface area contributed by atoms with Crippen LogP contribution in [0.25, 0.3) is 0 Å². The summed E-state index contributed by atoms with van der Waals surface area (Å²) < 4.78 is 17.7. The molecule has 0 saturated heterocycles. The van der Waals surface area contributed by atoms with Gasteiger partial charge in [0.2, 0.25) is 0 Å². The molecule has 0 spiro atoms. The first-order chi connectivity index (χ1) is 10.0. The van der Waals surface area contributed by atoms with Crippen LogP contribution in [0, 0.1) is 5.82 Å². The van der Waals surface area contributed by atoms with Gasteiger partial charge >= 0.3 is 5.97 Å². The van der Waals surface area contributed by atoms with Gasteiger partial charge in [-0.15, -0.1) is 0 Å². The molecule has 0 aliphatic carbocycles. The minimum absolute atomic E-state index is 0.106. The number of nitrogens with two attached hydrogens (primary N) is 1. The smallest absolute Gasteiger partial charge is 0.337 e. The second-order valence-corrected chi connectivity index (χ2v) is 4.26. The molecule has 0 saturated carbocycles. The van der Waals surface area contributed by atoms with E-state index in [-0.39, 0.29) is 11.3 Å². The van der Waals surface area contributed by atoms with E-state index in [4.69, 9.17) is 5.73 Å². The van der Waals surface area contributed by atoms with Crippen molar-refractivity contribution >= 4 is 23.3 Å². The summed E-state index contributed by atoms with van der Waals surface area (Å²) >= 11 is 0. The van der Waals surface area contributed by atoms with Gasteiger partial charge in [-0.25, -0.2) is 9.18 Å². The van der Waals surface area contributed by atoms with Crippen LogP contribution in [0.5, 0.6) is 0 Å². The summed E-state index contributed by atoms with van der Waals surface area (Å²) in [5, 5.41) is 2.60. The highest BCUT2D eigenvalue weighted by Gasteiger charge is 2.10. The second-order valence-electron chi connectivity index (χ2n) is 4.26. The molecule has 2 rings (SSSR count). The molecule has 0 heterocycles. The molecule has 5 nitrogen and oxygen atoms in total. The summed E-state index contributed by atoms with van der Waals surface area (Å²) in [5.41, 5.74) is 6.27. The predicted octanol–water partition coefficient (Wildman–Crippen LogP) is 2.45. The Morgan fingerprint density at radius 2 is 1.90 bits per heavy atom. The van der Waals surface area contributed by atoms with Gasteiger partial charge in [-0.1, -0.05) is 6.07 Å². The lowest BCUT2D eigenvalue weighted by atomic mass is 10.1. The molecule has 2 aromatic rings. The number of ether oxygens (including phenoxy) is 1. The molecule has 0 bridgehead atoms. The minimum Gasteiger partial charge on any atom is -0.465 e. The van der Waals surface area contributed by atoms with Crippen molar-refractivity contribution in [3.05, 3.63) is 59.4 Å². The van der Waals surface area contributed by atoms with Crippen molar-refractivity contribution in [2.24, 2.45) is 0 Å². The Kier molecular flexibility index (Phi) is 4.18. The summed E-state index contributed by atoms with van der Waals surface area (Å²) in [4.78, 5) is 23.4. The third-order valence-electron chi connectivity index (χ3n) is 2.80. The van der Waals surface area contributed by atoms with Crippen LogP contribution in [-0.2, 0) is 4.74 Å². The Balaban J connectivity index is 2.19. The molecule has 0 fully saturated rings. The zero-order valence-electron chi connectivity index (χ0n) is 11.2. The van der Waals surface area contributed by atoms with E-state index in [0.717, 1.165) is 6.07 Å². The summed E-state index contributed by atoms with van der Waals surface area (Å²) in [5.74, 6) is -1.54. The topological polar surface area (TPSA) is 81.4 Å². The Morgan fingerprint density at radius 1 is 1.14 bits per heavy atom. The average molecular weight is 288 g/mol. The first kappa shape index (κ1) is 14.5. The molecule has 1 amide bonds. The van der Waals surface area contributed by atoms with Gasteiger partial charge in [0.05, 0.1) is 18.4 Å². The number of methoxy groups -OCH3 is 1. The fourth-order valence-electron chi connectivity index (χ4n) is 1.73. The molecule has 0 atom stereocenters. The number of hydrogen-bond acceptors (Lipinski definition) is 4. The third kappa shape index (κ3) is 3.36. The molecule has 0 unspecified atom stereocenters. The van der Waals surface area contributed by atoms with Crippen molar-refractivity contribution in [2.45, 2.75) is 0 Å². The number of nitrogens with one attached hydrogen (secondary N) is 1. The molecule has 6 heteroatoms. The predicted molar refractivity (Wildman–Crippen MR) is 76.5 cm³/mol. The van der Waals surface area contributed by atoms with Crippen LogP contribution >= 0.6 is 0 Å². The molecule has 108 valence electrons. The van der Waals surface area contributed by atoms with Crippen molar-refractivity contribution in [1.82, 2.24) is 0 Å². The van der Waals surface area contributed by atoms with Crippen LogP contribution in [0.4, 0.5) is 15.8 Å². The molecule has 3 N–H and O–H groups in total. The van der Waals surface area contributed by atoms with Crippen LogP contribution in [0.2, 0.25) is 0 Å². The van der Waals surface area contributed by atoms with E-state index in [2.05, 4.69) is 10.1 Å². The van der Waals surface area contributed by atoms with Gasteiger partial charge < -0.3 is 15.8 Å². The molecule has 0 aromatic heterocycles. The SMILES string of the molecule is COC(=O)c1cccc(NC(=O)c2ccc(F)c(N)c2)c1. The summed E-state index contributed by atoms with van der Waals surface area (Å²) in [6.45, 7) is 0. The van der Waals surface area contributed by atoms with Gasteiger partial charge in [-0.3, -0.25) is 4.79 Å². The molecule has 21 heavy (non-hydrogen) atoms. The number of rotatable bonds is 3. The Hall–Kier alpha value is -2.89. The first-order valence-corrected chi connectivity index (χ1v) is 6.06. The molecule has 2 aromatic carbocycles. The van der Waals surface area contributed by atoms with Crippen molar-refractivity contribution < 1.29 is 18.7 Å². The lowest BCUT2D eigenvalue weighted by Crippen LogP contribution is -2.13. The molecule has 0 radical (unpaired) electrons. The fraction of sp³-hybridized carbons (Fsp3) is 0.0667. The highest BCUT2D eigenvalue weighted by molar-refractivity contribution is 6.05. The van der Waals surface area contributed by atoms with Gasteiger partial charge in [0, 0.05) is 11.3 Å². The number of carbonyl (C=O) groups is 2. The summed E-state index contributed by atoms with van der Waals surface area (Å²) in [6, 6.07) is 9.97. The van der Waals surface area contributed by atoms with E-state index < -0.39 is 17.7 Å². The van der Waals surface area contributed by atoms with Crippen LogP contribution in [0.15, 0.2) is 42.5 Å². The molecule has 0 aliphatic rings. The molecule has 0 aliphatic heterocycles. The third-order valence-corrected chi connectivity index (χ3v) is 2.80. The number of anilines is 2. The zero-order valence-corrected chi connectivity index (χ0v) is 11.2. The normalized spacial score (nSPS) is 10.0. The first-order valence-electron chi connectivity index (χ1n) is 6.06. The number of carbonyl (C=O) groups excluding carboxylic acids is 2. The maximum Gasteiger partial charge on any atom is 0.337 e. The van der Waals surface area contributed by atoms with Crippen LogP contribution < -0.4 is 11.1 Å². The standard InChI is InChI=1S/C15H13FN2O3/c1-21-15(20)10-3-2-4-11(7-10)18-14(19)9-5-6-12(16)13(17)8-9/h2-8H,17H2,1H3,(H,18,19). The van der Waals surface area contributed by atoms with E-state index in [1.54, 1.807) is 18.2 Å². The van der Waals surface area contributed by atoms with Gasteiger partial charge in [-0.2, -0.15) is 0 Å². The van der Waals surface area contributed by atoms with Gasteiger partial charge in [0.15, 0.2) is 0 Å². The lowest BCUT2D eigenvalue weighted by Gasteiger charge is -2.07. The van der Waals surface area contributed by atoms with E-state index in [1.807, 2.05) is 0 Å². The van der Waals surface area contributed by atoms with Crippen molar-refractivity contribution in [3.8, 4) is 0 Å². The van der Waals surface area contributed by atoms with Gasteiger partial charge in [0.25, 0.3) is 5.91 Å². The summed E-state index contributed by atoms with van der Waals surface area (Å²) in [7, 11) is 1.27. The average Bonchev–Trinajstić information content (AvgIpc) is 2.49. The second kappa shape index (κ2) is 6.04. The lowest BCUT2D eigenvalue weighted by molar-refractivity contribution is 0.0600. The molecular formula is C15H13FN2O3. The van der Waals surface area contributed by atoms with E-state index in [1.165, 1.54) is 25.3 Å². The number of hydrogen-bond donors (Lipinski definition) is 2. The van der Waals surface area contributed by atoms with Gasteiger partial charge in [-0.05, 0) is 36.4 Å². The van der Waals surface area contributed by atoms with Crippen LogP contribution in [0.3, 0.4) is 0 Å². The van der Waals surface area contributed by atoms with Crippen molar-refractivity contribution in [3.63, 3.8) is 0 Å². The molecular weight excluding hydrogens is 275 g/mol. The van der Waals surface area contributed by atoms with E-state index >= 15 is 0 Å². The number of amides is 1. The Bertz CT molecular complexity index is 701. The highest BCUT2D eigenvalue weighted by Crippen LogP contribution is 2.16. The monoisotopic (exact) mass is 288 g/mol. The Labute approximate surface area is 120 Å². The van der Waals surface area contributed by atoms with Gasteiger partial charge in [0.1, 0.15) is 5.82 Å². The fourth-order valence-corrected chi connectivity index (χ4v) is 1.73. The highest BCUT2D eigenvalue weighted by atomic mass is 19.1. The largest absolute Gasteiger partial charge is 0.465 e. The number of benzene rings is 2. The maximum atomic E-state index is 13.1. The van der Waals surface area contributed by atoms with Crippen LogP contribution in [0.1, 0.15) is 20.7 Å². The van der Waals surface area contributed by atoms with Crippen molar-refractivity contribution in [1.29, 1.82) is 0 Å². The zero-order chi connectivity index (χ0) is 15.4. The van der Waals surface area contributed by atoms with E-state index in [0.29, 0.717) is 11.3 Å². The summed E-state index contributed by atoms with van der Waals surface area (Å²) in [6.07, 6.45) is 0. The van der Waals surface area contributed by atoms with E-state index in [9.17, 15) is 14.0 Å². The maximum absolute atomic E-state index is 13.1. The quantitative estimate of drug-likeness (QED) is 0.671.